The second-order valence-electron chi connectivity index (χ2n) is 7.90. The summed E-state index contributed by atoms with van der Waals surface area (Å²) in [7, 11) is 0. The lowest BCUT2D eigenvalue weighted by molar-refractivity contribution is -0.147. The second-order valence-corrected chi connectivity index (χ2v) is 7.90. The van der Waals surface area contributed by atoms with Gasteiger partial charge in [-0.2, -0.15) is 0 Å². The van der Waals surface area contributed by atoms with Gasteiger partial charge >= 0.3 is 18.0 Å². The quantitative estimate of drug-likeness (QED) is 0.444. The number of hydrogen-bond donors (Lipinski definition) is 4. The van der Waals surface area contributed by atoms with Crippen LogP contribution in [0.15, 0.2) is 48.5 Å². The van der Waals surface area contributed by atoms with Crippen molar-refractivity contribution in [2.24, 2.45) is 5.92 Å². The summed E-state index contributed by atoms with van der Waals surface area (Å²) < 4.78 is 13.1. The van der Waals surface area contributed by atoms with E-state index in [0.717, 1.165) is 16.0 Å². The number of urea groups is 1. The molecule has 0 saturated carbocycles. The van der Waals surface area contributed by atoms with Crippen LogP contribution in [0.4, 0.5) is 9.18 Å². The van der Waals surface area contributed by atoms with E-state index in [1.807, 2.05) is 13.8 Å². The summed E-state index contributed by atoms with van der Waals surface area (Å²) in [4.78, 5) is 36.4. The van der Waals surface area contributed by atoms with E-state index in [1.165, 1.54) is 12.1 Å². The molecule has 172 valence electrons. The Morgan fingerprint density at radius 3 is 1.91 bits per heavy atom. The van der Waals surface area contributed by atoms with E-state index in [2.05, 4.69) is 5.32 Å². The zero-order valence-corrected chi connectivity index (χ0v) is 17.9. The molecular weight excluding hydrogens is 419 g/mol. The van der Waals surface area contributed by atoms with E-state index in [-0.39, 0.29) is 24.7 Å². The van der Waals surface area contributed by atoms with Gasteiger partial charge in [0.2, 0.25) is 0 Å². The van der Waals surface area contributed by atoms with Crippen molar-refractivity contribution in [2.45, 2.75) is 32.4 Å². The molecule has 0 spiro atoms. The molecule has 0 aromatic heterocycles. The number of hydrogen-bond acceptors (Lipinski definition) is 4. The highest BCUT2D eigenvalue weighted by molar-refractivity contribution is 5.83. The van der Waals surface area contributed by atoms with Crippen molar-refractivity contribution in [3.05, 3.63) is 59.9 Å². The predicted molar refractivity (Wildman–Crippen MR) is 116 cm³/mol. The Kier molecular flexibility index (Phi) is 8.71. The van der Waals surface area contributed by atoms with Gasteiger partial charge in [-0.15, -0.1) is 0 Å². The number of nitrogens with one attached hydrogen (secondary N) is 1. The molecule has 2 amide bonds. The standard InChI is InChI=1S/C23H27FN2O6/c1-14(2)12-26(13-20(27)22(30)31)23(32)25-19(21(28)29)11-15-3-5-16(6-4-15)17-7-9-18(24)10-8-17/h3-10,14,19-20,27H,11-13H2,1-2H3,(H,25,32)(H,28,29)(H,30,31)/t19-,20?/m0/s1. The average Bonchev–Trinajstić information content (AvgIpc) is 2.73. The van der Waals surface area contributed by atoms with Crippen LogP contribution in [0.2, 0.25) is 0 Å². The molecule has 32 heavy (non-hydrogen) atoms. The monoisotopic (exact) mass is 446 g/mol. The van der Waals surface area contributed by atoms with Crippen molar-refractivity contribution in [3.63, 3.8) is 0 Å². The van der Waals surface area contributed by atoms with Crippen LogP contribution in [-0.4, -0.2) is 63.4 Å². The molecule has 0 radical (unpaired) electrons. The molecule has 1 unspecified atom stereocenters. The van der Waals surface area contributed by atoms with Crippen molar-refractivity contribution >= 4 is 18.0 Å². The number of aliphatic hydroxyl groups is 1. The Morgan fingerprint density at radius 1 is 0.906 bits per heavy atom. The van der Waals surface area contributed by atoms with Gasteiger partial charge in [0, 0.05) is 13.0 Å². The lowest BCUT2D eigenvalue weighted by Crippen LogP contribution is -2.52. The van der Waals surface area contributed by atoms with Gasteiger partial charge in [-0.25, -0.2) is 18.8 Å². The Balaban J connectivity index is 2.10. The van der Waals surface area contributed by atoms with Gasteiger partial charge < -0.3 is 25.5 Å². The molecule has 2 aromatic carbocycles. The maximum absolute atomic E-state index is 13.1. The minimum Gasteiger partial charge on any atom is -0.480 e. The van der Waals surface area contributed by atoms with E-state index in [0.29, 0.717) is 5.56 Å². The molecule has 0 bridgehead atoms. The third kappa shape index (κ3) is 7.35. The predicted octanol–water partition coefficient (Wildman–Crippen LogP) is 2.60. The second kappa shape index (κ2) is 11.2. The van der Waals surface area contributed by atoms with E-state index in [1.54, 1.807) is 36.4 Å². The van der Waals surface area contributed by atoms with Crippen LogP contribution in [0.1, 0.15) is 19.4 Å². The average molecular weight is 446 g/mol. The summed E-state index contributed by atoms with van der Waals surface area (Å²) in [6, 6.07) is 11.0. The van der Waals surface area contributed by atoms with Crippen LogP contribution >= 0.6 is 0 Å². The van der Waals surface area contributed by atoms with Gasteiger partial charge in [0.1, 0.15) is 11.9 Å². The van der Waals surface area contributed by atoms with Crippen LogP contribution in [-0.2, 0) is 16.0 Å². The highest BCUT2D eigenvalue weighted by atomic mass is 19.1. The molecule has 0 saturated heterocycles. The topological polar surface area (TPSA) is 127 Å². The minimum absolute atomic E-state index is 0.00176. The highest BCUT2D eigenvalue weighted by Gasteiger charge is 2.27. The summed E-state index contributed by atoms with van der Waals surface area (Å²) in [5, 5.41) is 30.5. The van der Waals surface area contributed by atoms with Crippen molar-refractivity contribution in [2.75, 3.05) is 13.1 Å². The highest BCUT2D eigenvalue weighted by Crippen LogP contribution is 2.20. The lowest BCUT2D eigenvalue weighted by atomic mass is 10.0. The Bertz CT molecular complexity index is 931. The molecule has 2 rings (SSSR count). The normalized spacial score (nSPS) is 12.8. The number of rotatable bonds is 10. The van der Waals surface area contributed by atoms with Crippen LogP contribution in [0.25, 0.3) is 11.1 Å². The van der Waals surface area contributed by atoms with Gasteiger partial charge in [-0.1, -0.05) is 50.2 Å². The fourth-order valence-electron chi connectivity index (χ4n) is 3.12. The number of halogens is 1. The number of carbonyl (C=O) groups excluding carboxylic acids is 1. The number of carboxylic acid groups (broad SMARTS) is 2. The van der Waals surface area contributed by atoms with Gasteiger partial charge in [0.05, 0.1) is 6.54 Å². The maximum atomic E-state index is 13.1. The number of aliphatic carboxylic acids is 2. The fraction of sp³-hybridized carbons (Fsp3) is 0.348. The first-order valence-electron chi connectivity index (χ1n) is 10.1. The van der Waals surface area contributed by atoms with Gasteiger partial charge in [-0.3, -0.25) is 0 Å². The third-order valence-corrected chi connectivity index (χ3v) is 4.72. The molecule has 0 aliphatic carbocycles. The number of amides is 2. The number of carbonyl (C=O) groups is 3. The van der Waals surface area contributed by atoms with Crippen molar-refractivity contribution in [1.82, 2.24) is 10.2 Å². The Labute approximate surface area is 185 Å². The zero-order chi connectivity index (χ0) is 23.8. The Hall–Kier alpha value is -3.46. The molecule has 0 fully saturated rings. The van der Waals surface area contributed by atoms with Gasteiger partial charge in [-0.05, 0) is 34.7 Å². The van der Waals surface area contributed by atoms with E-state index in [9.17, 15) is 29.0 Å². The minimum atomic E-state index is -1.78. The van der Waals surface area contributed by atoms with Crippen molar-refractivity contribution < 1.29 is 34.1 Å². The van der Waals surface area contributed by atoms with Gasteiger partial charge in [0.25, 0.3) is 0 Å². The third-order valence-electron chi connectivity index (χ3n) is 4.72. The largest absolute Gasteiger partial charge is 0.480 e. The fourth-order valence-corrected chi connectivity index (χ4v) is 3.12. The Morgan fingerprint density at radius 2 is 1.44 bits per heavy atom. The summed E-state index contributed by atoms with van der Waals surface area (Å²) >= 11 is 0. The first-order chi connectivity index (χ1) is 15.1. The number of aliphatic hydroxyl groups excluding tert-OH is 1. The van der Waals surface area contributed by atoms with E-state index >= 15 is 0 Å². The molecule has 9 heteroatoms. The molecule has 4 N–H and O–H groups in total. The summed E-state index contributed by atoms with van der Waals surface area (Å²) in [5.41, 5.74) is 2.29. The molecule has 8 nitrogen and oxygen atoms in total. The summed E-state index contributed by atoms with van der Waals surface area (Å²) in [5.74, 6) is -3.08. The molecule has 0 heterocycles. The van der Waals surface area contributed by atoms with Crippen LogP contribution in [0, 0.1) is 11.7 Å². The SMILES string of the molecule is CC(C)CN(CC(O)C(=O)O)C(=O)N[C@@H](Cc1ccc(-c2ccc(F)cc2)cc1)C(=O)O. The number of benzene rings is 2. The lowest BCUT2D eigenvalue weighted by Gasteiger charge is -2.27. The van der Waals surface area contributed by atoms with Gasteiger partial charge in [0.15, 0.2) is 6.10 Å². The molecule has 0 aliphatic heterocycles. The number of carboxylic acids is 2. The maximum Gasteiger partial charge on any atom is 0.334 e. The van der Waals surface area contributed by atoms with E-state index < -0.39 is 36.7 Å². The first kappa shape index (κ1) is 24.8. The van der Waals surface area contributed by atoms with E-state index in [4.69, 9.17) is 5.11 Å². The smallest absolute Gasteiger partial charge is 0.334 e. The van der Waals surface area contributed by atoms with Crippen molar-refractivity contribution in [1.29, 1.82) is 0 Å². The van der Waals surface area contributed by atoms with Crippen LogP contribution in [0.3, 0.4) is 0 Å². The van der Waals surface area contributed by atoms with Crippen LogP contribution in [0.5, 0.6) is 0 Å². The van der Waals surface area contributed by atoms with Crippen LogP contribution < -0.4 is 5.32 Å². The molecule has 2 aromatic rings. The summed E-state index contributed by atoms with van der Waals surface area (Å²) in [6.45, 7) is 3.31. The van der Waals surface area contributed by atoms with Crippen molar-refractivity contribution in [3.8, 4) is 11.1 Å². The molecular formula is C23H27FN2O6. The summed E-state index contributed by atoms with van der Waals surface area (Å²) in [6.07, 6.45) is -1.77. The zero-order valence-electron chi connectivity index (χ0n) is 17.9. The molecule has 0 aliphatic rings. The number of nitrogens with zero attached hydrogens (tertiary/aromatic N) is 1. The molecule has 2 atom stereocenters. The first-order valence-corrected chi connectivity index (χ1v) is 10.1.